The topological polar surface area (TPSA) is 73.9 Å². The van der Waals surface area contributed by atoms with Crippen LogP contribution in [0, 0.1) is 6.92 Å². The number of anilines is 1. The van der Waals surface area contributed by atoms with Gasteiger partial charge in [0.15, 0.2) is 13.2 Å². The van der Waals surface area contributed by atoms with Crippen molar-refractivity contribution in [2.45, 2.75) is 6.92 Å². The van der Waals surface area contributed by atoms with Gasteiger partial charge in [-0.2, -0.15) is 0 Å². The van der Waals surface area contributed by atoms with Crippen molar-refractivity contribution < 1.29 is 23.8 Å². The predicted octanol–water partition coefficient (Wildman–Crippen LogP) is 3.22. The van der Waals surface area contributed by atoms with E-state index in [0.29, 0.717) is 22.2 Å². The highest BCUT2D eigenvalue weighted by molar-refractivity contribution is 6.32. The first kappa shape index (κ1) is 18.6. The molecule has 2 rings (SSSR count). The molecule has 0 aliphatic carbocycles. The van der Waals surface area contributed by atoms with Crippen molar-refractivity contribution in [3.8, 4) is 11.5 Å². The first-order valence-electron chi connectivity index (χ1n) is 7.47. The molecule has 0 radical (unpaired) electrons. The number of hydrogen-bond donors (Lipinski definition) is 1. The average Bonchev–Trinajstić information content (AvgIpc) is 2.59. The fraction of sp³-hybridized carbons (Fsp3) is 0.222. The highest BCUT2D eigenvalue weighted by Crippen LogP contribution is 2.25. The van der Waals surface area contributed by atoms with Crippen LogP contribution in [-0.2, 0) is 14.3 Å². The monoisotopic (exact) mass is 363 g/mol. The second kappa shape index (κ2) is 8.94. The van der Waals surface area contributed by atoms with Gasteiger partial charge >= 0.3 is 5.97 Å². The molecule has 0 aliphatic rings. The number of halogens is 1. The van der Waals surface area contributed by atoms with Gasteiger partial charge in [0.1, 0.15) is 11.5 Å². The Balaban J connectivity index is 1.81. The second-order valence-corrected chi connectivity index (χ2v) is 5.54. The molecule has 1 N–H and O–H groups in total. The van der Waals surface area contributed by atoms with Crippen molar-refractivity contribution in [3.63, 3.8) is 0 Å². The van der Waals surface area contributed by atoms with E-state index < -0.39 is 18.5 Å². The summed E-state index contributed by atoms with van der Waals surface area (Å²) in [5, 5.41) is 3.03. The number of benzene rings is 2. The number of hydrogen-bond acceptors (Lipinski definition) is 5. The maximum absolute atomic E-state index is 11.9. The number of carbonyl (C=O) groups is 2. The highest BCUT2D eigenvalue weighted by atomic mass is 35.5. The molecular weight excluding hydrogens is 346 g/mol. The van der Waals surface area contributed by atoms with Gasteiger partial charge < -0.3 is 19.5 Å². The summed E-state index contributed by atoms with van der Waals surface area (Å²) in [6, 6.07) is 12.1. The molecule has 0 aromatic heterocycles. The Morgan fingerprint density at radius 3 is 2.56 bits per heavy atom. The van der Waals surface area contributed by atoms with Crippen LogP contribution in [0.1, 0.15) is 5.56 Å². The quantitative estimate of drug-likeness (QED) is 0.764. The third-order valence-electron chi connectivity index (χ3n) is 3.18. The number of aryl methyl sites for hydroxylation is 1. The molecule has 7 heteroatoms. The summed E-state index contributed by atoms with van der Waals surface area (Å²) < 4.78 is 15.3. The van der Waals surface area contributed by atoms with E-state index in [4.69, 9.17) is 25.8 Å². The zero-order valence-corrected chi connectivity index (χ0v) is 14.6. The van der Waals surface area contributed by atoms with Gasteiger partial charge in [0.2, 0.25) is 0 Å². The van der Waals surface area contributed by atoms with Crippen molar-refractivity contribution in [1.82, 2.24) is 0 Å². The van der Waals surface area contributed by atoms with Crippen LogP contribution < -0.4 is 14.8 Å². The maximum atomic E-state index is 11.9. The number of methoxy groups -OCH3 is 1. The lowest BCUT2D eigenvalue weighted by molar-refractivity contribution is -0.149. The number of para-hydroxylation sites is 1. The molecule has 0 saturated heterocycles. The van der Waals surface area contributed by atoms with E-state index in [-0.39, 0.29) is 6.61 Å². The van der Waals surface area contributed by atoms with Crippen molar-refractivity contribution in [1.29, 1.82) is 0 Å². The standard InChI is InChI=1S/C18H18ClNO5/c1-12-7-8-16(23-2)14(9-12)20-17(21)10-25-18(22)11-24-15-6-4-3-5-13(15)19/h3-9H,10-11H2,1-2H3,(H,20,21). The third-order valence-corrected chi connectivity index (χ3v) is 3.49. The number of esters is 1. The van der Waals surface area contributed by atoms with Crippen molar-refractivity contribution in [2.24, 2.45) is 0 Å². The fourth-order valence-corrected chi connectivity index (χ4v) is 2.18. The van der Waals surface area contributed by atoms with Gasteiger partial charge in [-0.3, -0.25) is 4.79 Å². The largest absolute Gasteiger partial charge is 0.495 e. The summed E-state index contributed by atoms with van der Waals surface area (Å²) in [7, 11) is 1.51. The van der Waals surface area contributed by atoms with E-state index >= 15 is 0 Å². The summed E-state index contributed by atoms with van der Waals surface area (Å²) in [5.41, 5.74) is 1.47. The van der Waals surface area contributed by atoms with Gasteiger partial charge in [-0.15, -0.1) is 0 Å². The summed E-state index contributed by atoms with van der Waals surface area (Å²) in [6.07, 6.45) is 0. The summed E-state index contributed by atoms with van der Waals surface area (Å²) in [6.45, 7) is 1.12. The lowest BCUT2D eigenvalue weighted by atomic mass is 10.2. The molecule has 0 fully saturated rings. The molecule has 0 bridgehead atoms. The van der Waals surface area contributed by atoms with Crippen molar-refractivity contribution in [2.75, 3.05) is 25.6 Å². The molecule has 0 aliphatic heterocycles. The molecule has 25 heavy (non-hydrogen) atoms. The fourth-order valence-electron chi connectivity index (χ4n) is 1.99. The Kier molecular flexibility index (Phi) is 6.65. The Morgan fingerprint density at radius 2 is 1.84 bits per heavy atom. The molecular formula is C18H18ClNO5. The zero-order chi connectivity index (χ0) is 18.2. The summed E-state index contributed by atoms with van der Waals surface area (Å²) in [4.78, 5) is 23.6. The lowest BCUT2D eigenvalue weighted by Gasteiger charge is -2.11. The molecule has 132 valence electrons. The van der Waals surface area contributed by atoms with Gasteiger partial charge in [0, 0.05) is 0 Å². The van der Waals surface area contributed by atoms with E-state index in [2.05, 4.69) is 5.32 Å². The minimum atomic E-state index is -0.675. The van der Waals surface area contributed by atoms with Crippen LogP contribution in [0.25, 0.3) is 0 Å². The van der Waals surface area contributed by atoms with Gasteiger partial charge in [0.05, 0.1) is 17.8 Å². The van der Waals surface area contributed by atoms with E-state index in [9.17, 15) is 9.59 Å². The predicted molar refractivity (Wildman–Crippen MR) is 94.3 cm³/mol. The number of rotatable bonds is 7. The Morgan fingerprint density at radius 1 is 1.08 bits per heavy atom. The Bertz CT molecular complexity index is 763. The normalized spacial score (nSPS) is 10.0. The second-order valence-electron chi connectivity index (χ2n) is 5.13. The van der Waals surface area contributed by atoms with Crippen LogP contribution in [0.5, 0.6) is 11.5 Å². The smallest absolute Gasteiger partial charge is 0.344 e. The van der Waals surface area contributed by atoms with E-state index in [1.54, 1.807) is 36.4 Å². The van der Waals surface area contributed by atoms with Crippen molar-refractivity contribution >= 4 is 29.2 Å². The number of nitrogens with one attached hydrogen (secondary N) is 1. The molecule has 0 heterocycles. The molecule has 0 unspecified atom stereocenters. The number of ether oxygens (including phenoxy) is 3. The minimum Gasteiger partial charge on any atom is -0.495 e. The first-order valence-corrected chi connectivity index (χ1v) is 7.85. The van der Waals surface area contributed by atoms with E-state index in [0.717, 1.165) is 5.56 Å². The molecule has 1 amide bonds. The molecule has 2 aromatic carbocycles. The summed E-state index contributed by atoms with van der Waals surface area (Å²) >= 11 is 5.91. The van der Waals surface area contributed by atoms with Crippen LogP contribution in [0.2, 0.25) is 5.02 Å². The lowest BCUT2D eigenvalue weighted by Crippen LogP contribution is -2.24. The van der Waals surface area contributed by atoms with Crippen molar-refractivity contribution in [3.05, 3.63) is 53.1 Å². The maximum Gasteiger partial charge on any atom is 0.344 e. The molecule has 6 nitrogen and oxygen atoms in total. The molecule has 0 saturated carbocycles. The van der Waals surface area contributed by atoms with Gasteiger partial charge in [0.25, 0.3) is 5.91 Å². The van der Waals surface area contributed by atoms with Crippen LogP contribution in [0.3, 0.4) is 0 Å². The highest BCUT2D eigenvalue weighted by Gasteiger charge is 2.12. The van der Waals surface area contributed by atoms with Gasteiger partial charge in [-0.1, -0.05) is 29.8 Å². The zero-order valence-electron chi connectivity index (χ0n) is 13.9. The van der Waals surface area contributed by atoms with Crippen LogP contribution >= 0.6 is 11.6 Å². The van der Waals surface area contributed by atoms with Crippen LogP contribution in [-0.4, -0.2) is 32.2 Å². The molecule has 2 aromatic rings. The van der Waals surface area contributed by atoms with Gasteiger partial charge in [-0.25, -0.2) is 4.79 Å². The number of amides is 1. The van der Waals surface area contributed by atoms with E-state index in [1.807, 2.05) is 13.0 Å². The van der Waals surface area contributed by atoms with E-state index in [1.165, 1.54) is 7.11 Å². The first-order chi connectivity index (χ1) is 12.0. The van der Waals surface area contributed by atoms with Crippen LogP contribution in [0.4, 0.5) is 5.69 Å². The summed E-state index contributed by atoms with van der Waals surface area (Å²) in [5.74, 6) is -0.260. The SMILES string of the molecule is COc1ccc(C)cc1NC(=O)COC(=O)COc1ccccc1Cl. The Hall–Kier alpha value is -2.73. The Labute approximate surface area is 150 Å². The number of carbonyl (C=O) groups excluding carboxylic acids is 2. The van der Waals surface area contributed by atoms with Crippen LogP contribution in [0.15, 0.2) is 42.5 Å². The third kappa shape index (κ3) is 5.69. The van der Waals surface area contributed by atoms with Gasteiger partial charge in [-0.05, 0) is 36.8 Å². The minimum absolute atomic E-state index is 0.342. The average molecular weight is 364 g/mol. The molecule has 0 atom stereocenters. The molecule has 0 spiro atoms.